The molecule has 0 radical (unpaired) electrons. The van der Waals surface area contributed by atoms with Gasteiger partial charge < -0.3 is 20.3 Å². The van der Waals surface area contributed by atoms with E-state index in [2.05, 4.69) is 22.2 Å². The Morgan fingerprint density at radius 3 is 2.33 bits per heavy atom. The van der Waals surface area contributed by atoms with Gasteiger partial charge in [0.1, 0.15) is 10.6 Å². The summed E-state index contributed by atoms with van der Waals surface area (Å²) in [6.45, 7) is 3.73. The number of benzene rings is 2. The number of sulfonamides is 1. The summed E-state index contributed by atoms with van der Waals surface area (Å²) >= 11 is 0. The summed E-state index contributed by atoms with van der Waals surface area (Å²) in [4.78, 5) is 10.1. The fraction of sp³-hybridized carbons (Fsp3) is 0.519. The summed E-state index contributed by atoms with van der Waals surface area (Å²) in [6, 6.07) is 11.4. The predicted octanol–water partition coefficient (Wildman–Crippen LogP) is 3.76. The minimum absolute atomic E-state index is 0.0760. The number of alkyl halides is 3. The number of hydrogen-bond donors (Lipinski definition) is 3. The summed E-state index contributed by atoms with van der Waals surface area (Å²) in [5, 5.41) is 22.7. The van der Waals surface area contributed by atoms with Gasteiger partial charge in [-0.2, -0.15) is 4.31 Å². The van der Waals surface area contributed by atoms with E-state index in [0.29, 0.717) is 5.92 Å². The number of carbonyl (C=O) groups is 1. The van der Waals surface area contributed by atoms with Crippen molar-refractivity contribution in [1.82, 2.24) is 9.62 Å². The monoisotopic (exact) mass is 572 g/mol. The van der Waals surface area contributed by atoms with Gasteiger partial charge in [-0.15, -0.1) is 13.2 Å². The first-order valence-electron chi connectivity index (χ1n) is 12.6. The second-order valence-electron chi connectivity index (χ2n) is 10.7. The van der Waals surface area contributed by atoms with E-state index in [4.69, 9.17) is 5.11 Å². The van der Waals surface area contributed by atoms with Gasteiger partial charge in [-0.1, -0.05) is 30.3 Å². The third-order valence-corrected chi connectivity index (χ3v) is 8.63. The van der Waals surface area contributed by atoms with Crippen LogP contribution in [0.25, 0.3) is 0 Å². The minimum atomic E-state index is -5.16. The summed E-state index contributed by atoms with van der Waals surface area (Å²) in [6.07, 6.45) is -3.96. The van der Waals surface area contributed by atoms with Crippen molar-refractivity contribution in [3.8, 4) is 5.75 Å². The molecular formula is C27H35F3N2O6S. The quantitative estimate of drug-likeness (QED) is 0.335. The van der Waals surface area contributed by atoms with Crippen LogP contribution in [-0.4, -0.2) is 67.0 Å². The lowest BCUT2D eigenvalue weighted by Crippen LogP contribution is -2.47. The molecule has 3 rings (SSSR count). The predicted molar refractivity (Wildman–Crippen MR) is 139 cm³/mol. The molecule has 0 amide bonds. The Hall–Kier alpha value is -2.67. The highest BCUT2D eigenvalue weighted by atomic mass is 32.2. The number of rotatable bonds is 13. The second-order valence-corrected chi connectivity index (χ2v) is 12.7. The number of fused-ring (bicyclic) bond motifs is 1. The highest BCUT2D eigenvalue weighted by Crippen LogP contribution is 2.33. The molecular weight excluding hydrogens is 537 g/mol. The van der Waals surface area contributed by atoms with Crippen molar-refractivity contribution >= 4 is 16.0 Å². The Morgan fingerprint density at radius 1 is 1.15 bits per heavy atom. The van der Waals surface area contributed by atoms with E-state index in [1.54, 1.807) is 0 Å². The SMILES string of the molecule is CN(C[C@H](O)CNC(C)(C)CC1Cc2ccccc2C1)S(=O)(=O)c1ccc(CCC(=O)O)cc1OC(F)(F)F. The molecule has 0 saturated carbocycles. The van der Waals surface area contributed by atoms with Crippen LogP contribution >= 0.6 is 0 Å². The number of halogens is 3. The van der Waals surface area contributed by atoms with Crippen LogP contribution in [0, 0.1) is 5.92 Å². The number of nitrogens with one attached hydrogen (secondary N) is 1. The van der Waals surface area contributed by atoms with Crippen molar-refractivity contribution in [3.63, 3.8) is 0 Å². The smallest absolute Gasteiger partial charge is 0.481 e. The van der Waals surface area contributed by atoms with Gasteiger partial charge in [0.2, 0.25) is 10.0 Å². The number of aliphatic hydroxyl groups is 1. The van der Waals surface area contributed by atoms with Gasteiger partial charge in [0.15, 0.2) is 0 Å². The molecule has 1 atom stereocenters. The van der Waals surface area contributed by atoms with Gasteiger partial charge in [0, 0.05) is 32.1 Å². The molecule has 0 saturated heterocycles. The number of β-amino-alcohol motifs (C(OH)–C–C–N with tert-alkyl or cyclic N) is 1. The van der Waals surface area contributed by atoms with E-state index in [1.807, 2.05) is 26.0 Å². The fourth-order valence-electron chi connectivity index (χ4n) is 4.99. The number of aryl methyl sites for hydroxylation is 1. The lowest BCUT2D eigenvalue weighted by Gasteiger charge is -2.31. The molecule has 12 heteroatoms. The van der Waals surface area contributed by atoms with E-state index in [9.17, 15) is 31.5 Å². The zero-order valence-corrected chi connectivity index (χ0v) is 23.0. The van der Waals surface area contributed by atoms with Crippen molar-refractivity contribution in [2.75, 3.05) is 20.1 Å². The van der Waals surface area contributed by atoms with Crippen LogP contribution in [0.15, 0.2) is 47.4 Å². The number of ether oxygens (including phenoxy) is 1. The van der Waals surface area contributed by atoms with Gasteiger partial charge in [-0.05, 0) is 74.3 Å². The largest absolute Gasteiger partial charge is 0.573 e. The number of hydrogen-bond acceptors (Lipinski definition) is 6. The lowest BCUT2D eigenvalue weighted by atomic mass is 9.88. The molecule has 0 unspecified atom stereocenters. The Balaban J connectivity index is 1.63. The standard InChI is InChI=1S/C27H35F3N2O6S/c1-26(2,15-19-12-20-6-4-5-7-21(20)13-19)31-16-22(33)17-32(3)39(36,37)24-10-8-18(9-11-25(34)35)14-23(24)38-27(28,29)30/h4-8,10,14,19,22,31,33H,9,11-13,15-17H2,1-3H3,(H,34,35)/t22-/m1/s1. The maximum absolute atomic E-state index is 13.1. The second kappa shape index (κ2) is 12.2. The van der Waals surface area contributed by atoms with Gasteiger partial charge in [-0.3, -0.25) is 4.79 Å². The van der Waals surface area contributed by atoms with E-state index in [-0.39, 0.29) is 37.0 Å². The summed E-state index contributed by atoms with van der Waals surface area (Å²) in [7, 11) is -3.32. The van der Waals surface area contributed by atoms with Crippen LogP contribution in [0.1, 0.15) is 43.4 Å². The van der Waals surface area contributed by atoms with E-state index in [1.165, 1.54) is 17.2 Å². The average Bonchev–Trinajstić information content (AvgIpc) is 3.22. The molecule has 1 aliphatic rings. The molecule has 216 valence electrons. The van der Waals surface area contributed by atoms with E-state index in [0.717, 1.165) is 42.7 Å². The third-order valence-electron chi connectivity index (χ3n) is 6.77. The summed E-state index contributed by atoms with van der Waals surface area (Å²) in [5.74, 6) is -1.66. The maximum Gasteiger partial charge on any atom is 0.573 e. The molecule has 2 aromatic rings. The number of aliphatic hydroxyl groups excluding tert-OH is 1. The van der Waals surface area contributed by atoms with Crippen LogP contribution in [0.3, 0.4) is 0 Å². The zero-order valence-electron chi connectivity index (χ0n) is 22.2. The molecule has 0 aliphatic heterocycles. The van der Waals surface area contributed by atoms with Gasteiger partial charge in [-0.25, -0.2) is 8.42 Å². The Kier molecular flexibility index (Phi) is 9.69. The van der Waals surface area contributed by atoms with E-state index >= 15 is 0 Å². The molecule has 2 aromatic carbocycles. The lowest BCUT2D eigenvalue weighted by molar-refractivity contribution is -0.275. The number of carboxylic acid groups (broad SMARTS) is 1. The van der Waals surface area contributed by atoms with Crippen molar-refractivity contribution < 1.29 is 41.3 Å². The van der Waals surface area contributed by atoms with Gasteiger partial charge in [0.25, 0.3) is 0 Å². The zero-order chi connectivity index (χ0) is 29.0. The Bertz CT molecular complexity index is 1240. The first-order valence-corrected chi connectivity index (χ1v) is 14.1. The summed E-state index contributed by atoms with van der Waals surface area (Å²) < 4.78 is 70.1. The highest BCUT2D eigenvalue weighted by molar-refractivity contribution is 7.89. The van der Waals surface area contributed by atoms with Crippen LogP contribution < -0.4 is 10.1 Å². The molecule has 1 aliphatic carbocycles. The van der Waals surface area contributed by atoms with Crippen molar-refractivity contribution in [1.29, 1.82) is 0 Å². The van der Waals surface area contributed by atoms with Crippen molar-refractivity contribution in [2.45, 2.75) is 68.9 Å². The first-order chi connectivity index (χ1) is 18.1. The topological polar surface area (TPSA) is 116 Å². The van der Waals surface area contributed by atoms with Crippen molar-refractivity contribution in [2.24, 2.45) is 5.92 Å². The van der Waals surface area contributed by atoms with Gasteiger partial charge in [0.05, 0.1) is 6.10 Å². The Morgan fingerprint density at radius 2 is 1.77 bits per heavy atom. The number of nitrogens with zero attached hydrogens (tertiary/aromatic N) is 1. The average molecular weight is 573 g/mol. The van der Waals surface area contributed by atoms with Crippen molar-refractivity contribution in [3.05, 3.63) is 59.2 Å². The van der Waals surface area contributed by atoms with Crippen LogP contribution in [-0.2, 0) is 34.1 Å². The normalized spacial score (nSPS) is 15.4. The Labute approximate surface area is 226 Å². The molecule has 0 spiro atoms. The molecule has 8 nitrogen and oxygen atoms in total. The molecule has 0 bridgehead atoms. The molecule has 3 N–H and O–H groups in total. The van der Waals surface area contributed by atoms with Crippen LogP contribution in [0.5, 0.6) is 5.75 Å². The molecule has 39 heavy (non-hydrogen) atoms. The number of aliphatic carboxylic acids is 1. The molecule has 0 heterocycles. The fourth-order valence-corrected chi connectivity index (χ4v) is 6.29. The minimum Gasteiger partial charge on any atom is -0.481 e. The summed E-state index contributed by atoms with van der Waals surface area (Å²) in [5.41, 5.74) is 2.52. The third kappa shape index (κ3) is 8.92. The van der Waals surface area contributed by atoms with Gasteiger partial charge >= 0.3 is 12.3 Å². The maximum atomic E-state index is 13.1. The first kappa shape index (κ1) is 30.9. The molecule has 0 fully saturated rings. The number of carboxylic acids is 1. The molecule has 0 aromatic heterocycles. The van der Waals surface area contributed by atoms with Crippen LogP contribution in [0.2, 0.25) is 0 Å². The highest BCUT2D eigenvalue weighted by Gasteiger charge is 2.36. The number of likely N-dealkylation sites (N-methyl/N-ethyl adjacent to an activating group) is 1. The van der Waals surface area contributed by atoms with Crippen LogP contribution in [0.4, 0.5) is 13.2 Å². The van der Waals surface area contributed by atoms with E-state index < -0.39 is 39.1 Å².